The molecule has 1 rings (SSSR count). The van der Waals surface area contributed by atoms with Gasteiger partial charge < -0.3 is 15.3 Å². The molecule has 1 aliphatic carbocycles. The maximum absolute atomic E-state index is 13.8. The van der Waals surface area contributed by atoms with E-state index in [2.05, 4.69) is 11.8 Å². The lowest BCUT2D eigenvalue weighted by molar-refractivity contribution is -0.137. The smallest absolute Gasteiger partial charge is 0.303 e. The van der Waals surface area contributed by atoms with Gasteiger partial charge in [0.25, 0.3) is 0 Å². The molecule has 150 valence electrons. The van der Waals surface area contributed by atoms with E-state index in [-0.39, 0.29) is 18.6 Å². The van der Waals surface area contributed by atoms with Gasteiger partial charge in [0.05, 0.1) is 12.0 Å². The summed E-state index contributed by atoms with van der Waals surface area (Å²) < 4.78 is 13.8. The van der Waals surface area contributed by atoms with Crippen LogP contribution in [0.3, 0.4) is 0 Å². The molecule has 1 aliphatic rings. The normalized spacial score (nSPS) is 24.1. The Kier molecular flexibility index (Phi) is 10.6. The number of carbonyl (C=O) groups excluding carboxylic acids is 1. The number of aliphatic carboxylic acids is 1. The molecule has 6 heteroatoms. The predicted octanol–water partition coefficient (Wildman–Crippen LogP) is 3.16. The van der Waals surface area contributed by atoms with Crippen molar-refractivity contribution < 1.29 is 29.3 Å². The molecule has 0 aromatic rings. The van der Waals surface area contributed by atoms with Crippen LogP contribution in [0.25, 0.3) is 0 Å². The van der Waals surface area contributed by atoms with Crippen molar-refractivity contribution in [3.63, 3.8) is 0 Å². The van der Waals surface area contributed by atoms with Gasteiger partial charge >= 0.3 is 5.97 Å². The number of rotatable bonds is 10. The van der Waals surface area contributed by atoms with Crippen LogP contribution in [0.1, 0.15) is 58.3 Å². The lowest BCUT2D eigenvalue weighted by atomic mass is 9.91. The molecule has 0 aliphatic heterocycles. The van der Waals surface area contributed by atoms with Gasteiger partial charge in [-0.2, -0.15) is 0 Å². The van der Waals surface area contributed by atoms with Gasteiger partial charge in [-0.3, -0.25) is 9.59 Å². The van der Waals surface area contributed by atoms with Crippen LogP contribution in [-0.4, -0.2) is 39.3 Å². The topological polar surface area (TPSA) is 94.8 Å². The first-order chi connectivity index (χ1) is 12.9. The van der Waals surface area contributed by atoms with Crippen LogP contribution in [0.15, 0.2) is 24.1 Å². The molecule has 4 atom stereocenters. The van der Waals surface area contributed by atoms with Crippen LogP contribution in [0.4, 0.5) is 4.39 Å². The number of aliphatic hydroxyl groups excluding tert-OH is 2. The van der Waals surface area contributed by atoms with E-state index in [0.29, 0.717) is 25.7 Å². The number of carbonyl (C=O) groups is 2. The average Bonchev–Trinajstić information content (AvgIpc) is 2.88. The van der Waals surface area contributed by atoms with Crippen molar-refractivity contribution in [1.82, 2.24) is 0 Å². The Morgan fingerprint density at radius 2 is 2.07 bits per heavy atom. The van der Waals surface area contributed by atoms with Gasteiger partial charge in [-0.1, -0.05) is 37.3 Å². The van der Waals surface area contributed by atoms with Crippen molar-refractivity contribution >= 4 is 11.8 Å². The van der Waals surface area contributed by atoms with Crippen LogP contribution >= 0.6 is 0 Å². The van der Waals surface area contributed by atoms with Crippen LogP contribution < -0.4 is 0 Å². The fourth-order valence-electron chi connectivity index (χ4n) is 2.96. The highest BCUT2D eigenvalue weighted by Crippen LogP contribution is 2.31. The lowest BCUT2D eigenvalue weighted by Crippen LogP contribution is -2.19. The molecule has 0 spiro atoms. The molecule has 0 radical (unpaired) electrons. The molecular formula is C21H29FO5. The quantitative estimate of drug-likeness (QED) is 0.307. The maximum atomic E-state index is 13.8. The number of aliphatic hydroxyl groups is 2. The van der Waals surface area contributed by atoms with E-state index in [9.17, 15) is 24.2 Å². The first-order valence-corrected chi connectivity index (χ1v) is 9.49. The summed E-state index contributed by atoms with van der Waals surface area (Å²) in [6.45, 7) is 1.99. The van der Waals surface area contributed by atoms with Gasteiger partial charge in [-0.05, 0) is 38.2 Å². The van der Waals surface area contributed by atoms with E-state index < -0.39 is 35.8 Å². The van der Waals surface area contributed by atoms with Gasteiger partial charge in [0, 0.05) is 18.8 Å². The Balaban J connectivity index is 2.63. The molecule has 0 aromatic carbocycles. The molecule has 1 saturated carbocycles. The number of allylic oxidation sites excluding steroid dienone is 3. The van der Waals surface area contributed by atoms with Gasteiger partial charge in [-0.15, -0.1) is 0 Å². The summed E-state index contributed by atoms with van der Waals surface area (Å²) in [5.41, 5.74) is 0. The minimum atomic E-state index is -1.54. The molecule has 0 heterocycles. The van der Waals surface area contributed by atoms with Crippen LogP contribution in [0.5, 0.6) is 0 Å². The van der Waals surface area contributed by atoms with Crippen LogP contribution in [0.2, 0.25) is 0 Å². The first-order valence-electron chi connectivity index (χ1n) is 9.49. The van der Waals surface area contributed by atoms with Crippen molar-refractivity contribution in [2.75, 3.05) is 0 Å². The zero-order valence-electron chi connectivity index (χ0n) is 15.7. The number of Topliss-reactive ketones (excluding diaryl/α,β-unsaturated/α-hetero) is 1. The van der Waals surface area contributed by atoms with Crippen LogP contribution in [-0.2, 0) is 9.59 Å². The van der Waals surface area contributed by atoms with Crippen molar-refractivity contribution in [2.24, 2.45) is 11.8 Å². The second-order valence-corrected chi connectivity index (χ2v) is 6.79. The van der Waals surface area contributed by atoms with Crippen molar-refractivity contribution in [3.8, 4) is 11.8 Å². The number of halogens is 1. The third-order valence-electron chi connectivity index (χ3n) is 4.53. The van der Waals surface area contributed by atoms with E-state index in [0.717, 1.165) is 12.8 Å². The summed E-state index contributed by atoms with van der Waals surface area (Å²) in [5, 5.41) is 28.4. The van der Waals surface area contributed by atoms with Crippen molar-refractivity contribution in [3.05, 3.63) is 24.1 Å². The summed E-state index contributed by atoms with van der Waals surface area (Å²) in [6.07, 6.45) is 6.32. The fraction of sp³-hybridized carbons (Fsp3) is 0.619. The number of unbranched alkanes of at least 4 members (excludes halogenated alkanes) is 3. The largest absolute Gasteiger partial charge is 0.481 e. The number of ketones is 1. The second-order valence-electron chi connectivity index (χ2n) is 6.79. The Morgan fingerprint density at radius 3 is 2.74 bits per heavy atom. The maximum Gasteiger partial charge on any atom is 0.303 e. The van der Waals surface area contributed by atoms with Crippen molar-refractivity contribution in [2.45, 2.75) is 70.5 Å². The van der Waals surface area contributed by atoms with Gasteiger partial charge in [0.2, 0.25) is 0 Å². The zero-order valence-corrected chi connectivity index (χ0v) is 15.7. The highest BCUT2D eigenvalue weighted by Gasteiger charge is 2.39. The number of carboxylic acids is 1. The van der Waals surface area contributed by atoms with E-state index in [1.54, 1.807) is 6.08 Å². The first kappa shape index (κ1) is 23.1. The monoisotopic (exact) mass is 380 g/mol. The summed E-state index contributed by atoms with van der Waals surface area (Å²) in [6, 6.07) is 0. The second kappa shape index (κ2) is 12.4. The van der Waals surface area contributed by atoms with Gasteiger partial charge in [-0.25, -0.2) is 4.39 Å². The zero-order chi connectivity index (χ0) is 20.2. The summed E-state index contributed by atoms with van der Waals surface area (Å²) in [4.78, 5) is 22.5. The average molecular weight is 380 g/mol. The molecule has 0 unspecified atom stereocenters. The molecule has 0 bridgehead atoms. The highest BCUT2D eigenvalue weighted by molar-refractivity contribution is 5.85. The minimum absolute atomic E-state index is 0.00177. The van der Waals surface area contributed by atoms with E-state index in [1.807, 2.05) is 13.0 Å². The number of hydrogen-bond acceptors (Lipinski definition) is 4. The molecular weight excluding hydrogens is 351 g/mol. The molecule has 5 nitrogen and oxygen atoms in total. The van der Waals surface area contributed by atoms with Gasteiger partial charge in [0.1, 0.15) is 11.6 Å². The number of carboxylic acid groups (broad SMARTS) is 1. The van der Waals surface area contributed by atoms with Crippen molar-refractivity contribution in [1.29, 1.82) is 0 Å². The Morgan fingerprint density at radius 1 is 1.33 bits per heavy atom. The fourth-order valence-corrected chi connectivity index (χ4v) is 2.96. The standard InChI is InChI=1S/C21H29FO5/c1-2-3-6-10-17(22)18(23)13-12-16-15(19(24)14-20(16)25)9-7-4-5-8-11-21(26)27/h4,7,10,15-16,18,20,23,25H,2-3,5-6,8-9,11,14H2,1H3,(H,26,27)/b7-4-,17-10-/t15-,16-,18-,20-/m1/s1. The van der Waals surface area contributed by atoms with E-state index >= 15 is 0 Å². The predicted molar refractivity (Wildman–Crippen MR) is 100 cm³/mol. The van der Waals surface area contributed by atoms with Crippen LogP contribution in [0, 0.1) is 23.7 Å². The minimum Gasteiger partial charge on any atom is -0.481 e. The molecule has 0 saturated heterocycles. The third kappa shape index (κ3) is 8.51. The third-order valence-corrected chi connectivity index (χ3v) is 4.53. The summed E-state index contributed by atoms with van der Waals surface area (Å²) >= 11 is 0. The van der Waals surface area contributed by atoms with E-state index in [1.165, 1.54) is 6.08 Å². The molecule has 1 fully saturated rings. The lowest BCUT2D eigenvalue weighted by Gasteiger charge is -2.13. The molecule has 0 aromatic heterocycles. The molecule has 3 N–H and O–H groups in total. The Bertz CT molecular complexity index is 614. The SMILES string of the molecule is CCCC/C=C(\F)[C@H](O)C#C[C@H]1[C@H](O)CC(=O)[C@@H]1C/C=C\CCCC(=O)O. The Hall–Kier alpha value is -1.97. The Labute approximate surface area is 160 Å². The summed E-state index contributed by atoms with van der Waals surface area (Å²) in [7, 11) is 0. The highest BCUT2D eigenvalue weighted by atomic mass is 19.1. The van der Waals surface area contributed by atoms with Gasteiger partial charge in [0.15, 0.2) is 6.10 Å². The number of hydrogen-bond donors (Lipinski definition) is 3. The summed E-state index contributed by atoms with van der Waals surface area (Å²) in [5.74, 6) is 2.31. The molecule has 0 amide bonds. The van der Waals surface area contributed by atoms with E-state index in [4.69, 9.17) is 5.11 Å². The molecule has 27 heavy (non-hydrogen) atoms.